The first-order valence-corrected chi connectivity index (χ1v) is 10.9. The second-order valence-corrected chi connectivity index (χ2v) is 12.0. The number of hydrogen-bond donors (Lipinski definition) is 1. The summed E-state index contributed by atoms with van der Waals surface area (Å²) in [4.78, 5) is 23.5. The first kappa shape index (κ1) is 17.2. The van der Waals surface area contributed by atoms with Gasteiger partial charge in [0.2, 0.25) is 5.65 Å². The Hall–Kier alpha value is -2.13. The van der Waals surface area contributed by atoms with Gasteiger partial charge < -0.3 is 14.6 Å². The van der Waals surface area contributed by atoms with Gasteiger partial charge in [0.1, 0.15) is 12.3 Å². The van der Waals surface area contributed by atoms with Gasteiger partial charge in [0.25, 0.3) is 0 Å². The number of ether oxygens (including phenoxy) is 2. The van der Waals surface area contributed by atoms with Crippen LogP contribution in [0.15, 0.2) is 17.1 Å². The molecule has 23 heavy (non-hydrogen) atoms. The quantitative estimate of drug-likeness (QED) is 0.607. The third kappa shape index (κ3) is 3.80. The van der Waals surface area contributed by atoms with Crippen molar-refractivity contribution in [2.45, 2.75) is 32.4 Å². The highest BCUT2D eigenvalue weighted by Gasteiger charge is 2.19. The zero-order chi connectivity index (χ0) is 17.2. The van der Waals surface area contributed by atoms with Gasteiger partial charge in [-0.2, -0.15) is 4.68 Å². The summed E-state index contributed by atoms with van der Waals surface area (Å²) in [5.74, 6) is -1.09. The van der Waals surface area contributed by atoms with Crippen molar-refractivity contribution in [3.05, 3.63) is 28.3 Å². The van der Waals surface area contributed by atoms with E-state index in [9.17, 15) is 9.59 Å². The fraction of sp³-hybridized carbons (Fsp3) is 0.500. The zero-order valence-electron chi connectivity index (χ0n) is 13.7. The van der Waals surface area contributed by atoms with E-state index in [2.05, 4.69) is 24.7 Å². The van der Waals surface area contributed by atoms with Crippen molar-refractivity contribution in [2.24, 2.45) is 0 Å². The van der Waals surface area contributed by atoms with Crippen molar-refractivity contribution in [3.63, 3.8) is 0 Å². The minimum absolute atomic E-state index is 0.0244. The molecule has 2 aromatic rings. The smallest absolute Gasteiger partial charge is 0.352 e. The fourth-order valence-electron chi connectivity index (χ4n) is 2.04. The molecule has 0 unspecified atom stereocenters. The normalized spacial score (nSPS) is 11.8. The number of hydrogen-bond acceptors (Lipinski definition) is 5. The van der Waals surface area contributed by atoms with E-state index in [0.717, 1.165) is 10.7 Å². The molecule has 8 nitrogen and oxygen atoms in total. The van der Waals surface area contributed by atoms with Crippen LogP contribution in [0.4, 0.5) is 0 Å². The molecule has 0 amide bonds. The maximum Gasteiger partial charge on any atom is 0.352 e. The highest BCUT2D eigenvalue weighted by molar-refractivity contribution is 6.76. The molecule has 0 fully saturated rings. The van der Waals surface area contributed by atoms with Gasteiger partial charge in [0, 0.05) is 20.9 Å². The van der Waals surface area contributed by atoms with Crippen molar-refractivity contribution >= 4 is 19.7 Å². The average Bonchev–Trinajstić information content (AvgIpc) is 2.78. The van der Waals surface area contributed by atoms with Crippen LogP contribution in [-0.4, -0.2) is 47.0 Å². The van der Waals surface area contributed by atoms with E-state index in [0.29, 0.717) is 6.61 Å². The largest absolute Gasteiger partial charge is 0.492 e. The standard InChI is InChI=1S/C14H21N3O5Si/c1-21-11-10(13(18)19)5-6-16-12(11)15-17(14(16)20)9-22-7-8-23(2,3)4/h5-6H,7-9H2,1-4H3,(H,18,19). The molecule has 0 aliphatic rings. The van der Waals surface area contributed by atoms with E-state index >= 15 is 0 Å². The third-order valence-corrected chi connectivity index (χ3v) is 5.06. The number of fused-ring (bicyclic) bond motifs is 1. The van der Waals surface area contributed by atoms with Gasteiger partial charge in [-0.3, -0.25) is 0 Å². The van der Waals surface area contributed by atoms with Crippen LogP contribution in [0.1, 0.15) is 10.4 Å². The van der Waals surface area contributed by atoms with Gasteiger partial charge in [-0.1, -0.05) is 19.6 Å². The summed E-state index contributed by atoms with van der Waals surface area (Å²) in [7, 11) is 0.144. The number of carbonyl (C=O) groups is 1. The molecular formula is C14H21N3O5Si. The SMILES string of the molecule is COc1c(C(=O)O)ccn2c(=O)n(COCC[Si](C)(C)C)nc12. The van der Waals surface area contributed by atoms with Crippen LogP contribution < -0.4 is 10.4 Å². The molecule has 9 heteroatoms. The number of carboxylic acid groups (broad SMARTS) is 1. The van der Waals surface area contributed by atoms with Crippen LogP contribution in [0, 0.1) is 0 Å². The third-order valence-electron chi connectivity index (χ3n) is 3.35. The van der Waals surface area contributed by atoms with Gasteiger partial charge in [-0.05, 0) is 12.1 Å². The summed E-state index contributed by atoms with van der Waals surface area (Å²) in [6, 6.07) is 2.30. The molecule has 2 heterocycles. The summed E-state index contributed by atoms with van der Waals surface area (Å²) < 4.78 is 13.0. The Balaban J connectivity index is 2.27. The molecule has 0 bridgehead atoms. The average molecular weight is 339 g/mol. The van der Waals surface area contributed by atoms with Crippen molar-refractivity contribution in [3.8, 4) is 5.75 Å². The monoisotopic (exact) mass is 339 g/mol. The summed E-state index contributed by atoms with van der Waals surface area (Å²) in [6.45, 7) is 7.31. The van der Waals surface area contributed by atoms with Gasteiger partial charge >= 0.3 is 11.7 Å². The Morgan fingerprint density at radius 3 is 2.65 bits per heavy atom. The van der Waals surface area contributed by atoms with Crippen LogP contribution in [0.3, 0.4) is 0 Å². The van der Waals surface area contributed by atoms with Crippen molar-refractivity contribution in [1.29, 1.82) is 0 Å². The number of pyridine rings is 1. The maximum atomic E-state index is 12.3. The Morgan fingerprint density at radius 2 is 2.09 bits per heavy atom. The van der Waals surface area contributed by atoms with E-state index in [1.165, 1.54) is 23.8 Å². The fourth-order valence-corrected chi connectivity index (χ4v) is 2.79. The van der Waals surface area contributed by atoms with E-state index in [4.69, 9.17) is 14.6 Å². The summed E-state index contributed by atoms with van der Waals surface area (Å²) in [5, 5.41) is 13.3. The van der Waals surface area contributed by atoms with E-state index < -0.39 is 19.7 Å². The van der Waals surface area contributed by atoms with Crippen LogP contribution >= 0.6 is 0 Å². The number of rotatable bonds is 7. The summed E-state index contributed by atoms with van der Waals surface area (Å²) >= 11 is 0. The minimum Gasteiger partial charge on any atom is -0.492 e. The highest BCUT2D eigenvalue weighted by Crippen LogP contribution is 2.22. The molecule has 0 atom stereocenters. The second kappa shape index (κ2) is 6.55. The van der Waals surface area contributed by atoms with Gasteiger partial charge in [-0.25, -0.2) is 14.0 Å². The first-order valence-electron chi connectivity index (χ1n) is 7.22. The topological polar surface area (TPSA) is 95.1 Å². The molecular weight excluding hydrogens is 318 g/mol. The molecule has 0 saturated heterocycles. The summed E-state index contributed by atoms with van der Waals surface area (Å²) in [6.07, 6.45) is 1.37. The zero-order valence-corrected chi connectivity index (χ0v) is 14.7. The minimum atomic E-state index is -1.20. The molecule has 2 rings (SSSR count). The molecule has 2 aromatic heterocycles. The van der Waals surface area contributed by atoms with Crippen LogP contribution in [-0.2, 0) is 11.5 Å². The molecule has 0 aliphatic carbocycles. The molecule has 0 spiro atoms. The molecule has 0 radical (unpaired) electrons. The lowest BCUT2D eigenvalue weighted by atomic mass is 10.2. The summed E-state index contributed by atoms with van der Waals surface area (Å²) in [5.41, 5.74) is -0.286. The second-order valence-electron chi connectivity index (χ2n) is 6.39. The van der Waals surface area contributed by atoms with Crippen molar-refractivity contribution in [2.75, 3.05) is 13.7 Å². The Kier molecular flexibility index (Phi) is 4.90. The Morgan fingerprint density at radius 1 is 1.39 bits per heavy atom. The number of aromatic nitrogens is 3. The molecule has 1 N–H and O–H groups in total. The van der Waals surface area contributed by atoms with Crippen LogP contribution in [0.5, 0.6) is 5.75 Å². The maximum absolute atomic E-state index is 12.3. The number of aromatic carboxylic acids is 1. The predicted octanol–water partition coefficient (Wildman–Crippen LogP) is 1.52. The van der Waals surface area contributed by atoms with E-state index in [-0.39, 0.29) is 23.7 Å². The van der Waals surface area contributed by atoms with E-state index in [1.807, 2.05) is 0 Å². The predicted molar refractivity (Wildman–Crippen MR) is 87.1 cm³/mol. The van der Waals surface area contributed by atoms with Crippen LogP contribution in [0.2, 0.25) is 25.7 Å². The molecule has 0 saturated carbocycles. The van der Waals surface area contributed by atoms with Crippen molar-refractivity contribution in [1.82, 2.24) is 14.2 Å². The molecule has 0 aliphatic heterocycles. The number of carboxylic acids is 1. The lowest BCUT2D eigenvalue weighted by molar-refractivity contribution is 0.0693. The van der Waals surface area contributed by atoms with Gasteiger partial charge in [-0.15, -0.1) is 5.10 Å². The van der Waals surface area contributed by atoms with Crippen LogP contribution in [0.25, 0.3) is 5.65 Å². The number of nitrogens with zero attached hydrogens (tertiary/aromatic N) is 3. The lowest BCUT2D eigenvalue weighted by Gasteiger charge is -2.14. The van der Waals surface area contributed by atoms with E-state index in [1.54, 1.807) is 0 Å². The Bertz CT molecular complexity index is 775. The van der Waals surface area contributed by atoms with Gasteiger partial charge in [0.15, 0.2) is 5.75 Å². The molecule has 126 valence electrons. The highest BCUT2D eigenvalue weighted by atomic mass is 28.3. The molecule has 0 aromatic carbocycles. The Labute approximate surface area is 134 Å². The number of methoxy groups -OCH3 is 1. The van der Waals surface area contributed by atoms with Gasteiger partial charge in [0.05, 0.1) is 7.11 Å². The van der Waals surface area contributed by atoms with Crippen molar-refractivity contribution < 1.29 is 19.4 Å². The first-order chi connectivity index (χ1) is 10.7. The lowest BCUT2D eigenvalue weighted by Crippen LogP contribution is -2.25.